The summed E-state index contributed by atoms with van der Waals surface area (Å²) in [5.41, 5.74) is 1.12. The lowest BCUT2D eigenvalue weighted by atomic mass is 10.2. The minimum Gasteiger partial charge on any atom is -0.264 e. The van der Waals surface area contributed by atoms with Gasteiger partial charge in [0.1, 0.15) is 0 Å². The number of pyridine rings is 1. The van der Waals surface area contributed by atoms with Crippen LogP contribution in [0.2, 0.25) is 0 Å². The molecular formula is C8H11N3O. The maximum atomic E-state index is 9.99. The molecule has 1 aromatic heterocycles. The Morgan fingerprint density at radius 3 is 3.08 bits per heavy atom. The topological polar surface area (TPSA) is 45.6 Å². The first kappa shape index (κ1) is 8.64. The van der Waals surface area contributed by atoms with Gasteiger partial charge < -0.3 is 0 Å². The largest absolute Gasteiger partial charge is 0.264 e. The molecule has 4 heteroatoms. The highest BCUT2D eigenvalue weighted by Crippen LogP contribution is 1.97. The number of nitrogens with zero attached hydrogens (tertiary/aromatic N) is 3. The molecule has 0 aromatic carbocycles. The first-order valence-corrected chi connectivity index (χ1v) is 3.76. The molecule has 1 aromatic rings. The van der Waals surface area contributed by atoms with E-state index in [1.807, 2.05) is 12.1 Å². The fourth-order valence-corrected chi connectivity index (χ4v) is 0.878. The minimum atomic E-state index is 0.634. The molecule has 0 amide bonds. The van der Waals surface area contributed by atoms with Crippen LogP contribution in [0.25, 0.3) is 0 Å². The van der Waals surface area contributed by atoms with Crippen LogP contribution in [0.1, 0.15) is 5.56 Å². The van der Waals surface area contributed by atoms with Gasteiger partial charge in [-0.25, -0.2) is 0 Å². The molecule has 0 N–H and O–H groups in total. The van der Waals surface area contributed by atoms with Crippen molar-refractivity contribution in [3.63, 3.8) is 0 Å². The predicted molar refractivity (Wildman–Crippen MR) is 46.4 cm³/mol. The molecule has 0 atom stereocenters. The van der Waals surface area contributed by atoms with E-state index in [1.54, 1.807) is 19.4 Å². The zero-order chi connectivity index (χ0) is 8.81. The van der Waals surface area contributed by atoms with Gasteiger partial charge >= 0.3 is 0 Å². The molecule has 0 saturated carbocycles. The van der Waals surface area contributed by atoms with Gasteiger partial charge in [0.15, 0.2) is 0 Å². The standard InChI is InChI=1S/C8H11N3O/c1-11(10-12)6-4-8-3-2-5-9-7-8/h2-3,5,7H,4,6H2,1H3. The summed E-state index contributed by atoms with van der Waals surface area (Å²) in [6.45, 7) is 0.634. The molecule has 12 heavy (non-hydrogen) atoms. The summed E-state index contributed by atoms with van der Waals surface area (Å²) in [6, 6.07) is 3.86. The molecule has 1 rings (SSSR count). The van der Waals surface area contributed by atoms with Crippen molar-refractivity contribution in [1.29, 1.82) is 0 Å². The monoisotopic (exact) mass is 165 g/mol. The lowest BCUT2D eigenvalue weighted by Gasteiger charge is -2.06. The van der Waals surface area contributed by atoms with Crippen LogP contribution in [-0.2, 0) is 6.42 Å². The summed E-state index contributed by atoms with van der Waals surface area (Å²) in [6.07, 6.45) is 4.32. The summed E-state index contributed by atoms with van der Waals surface area (Å²) in [5.74, 6) is 0. The Morgan fingerprint density at radius 1 is 1.67 bits per heavy atom. The zero-order valence-corrected chi connectivity index (χ0v) is 6.97. The van der Waals surface area contributed by atoms with Crippen molar-refractivity contribution in [3.05, 3.63) is 35.0 Å². The Bertz CT molecular complexity index is 237. The molecule has 0 bridgehead atoms. The van der Waals surface area contributed by atoms with E-state index >= 15 is 0 Å². The van der Waals surface area contributed by atoms with Crippen LogP contribution in [0, 0.1) is 4.91 Å². The Hall–Kier alpha value is -1.45. The lowest BCUT2D eigenvalue weighted by molar-refractivity contribution is 0.354. The van der Waals surface area contributed by atoms with Crippen molar-refractivity contribution in [3.8, 4) is 0 Å². The fraction of sp³-hybridized carbons (Fsp3) is 0.375. The number of hydrogen-bond acceptors (Lipinski definition) is 3. The van der Waals surface area contributed by atoms with Gasteiger partial charge in [0, 0.05) is 26.0 Å². The van der Waals surface area contributed by atoms with Crippen LogP contribution in [0.3, 0.4) is 0 Å². The van der Waals surface area contributed by atoms with Crippen LogP contribution in [0.15, 0.2) is 29.8 Å². The van der Waals surface area contributed by atoms with Gasteiger partial charge in [-0.2, -0.15) is 0 Å². The molecule has 0 aliphatic rings. The smallest absolute Gasteiger partial charge is 0.0521 e. The first-order chi connectivity index (χ1) is 5.83. The van der Waals surface area contributed by atoms with Gasteiger partial charge in [-0.1, -0.05) is 6.07 Å². The molecule has 1 heterocycles. The van der Waals surface area contributed by atoms with E-state index in [2.05, 4.69) is 10.3 Å². The van der Waals surface area contributed by atoms with E-state index in [0.29, 0.717) is 6.54 Å². The molecule has 64 valence electrons. The summed E-state index contributed by atoms with van der Waals surface area (Å²) in [5, 5.41) is 4.13. The highest BCUT2D eigenvalue weighted by Gasteiger charge is 1.95. The van der Waals surface area contributed by atoms with Crippen LogP contribution in [0.4, 0.5) is 0 Å². The van der Waals surface area contributed by atoms with Gasteiger partial charge in [0.05, 0.1) is 5.29 Å². The van der Waals surface area contributed by atoms with Gasteiger partial charge in [0.2, 0.25) is 0 Å². The Labute approximate surface area is 71.2 Å². The van der Waals surface area contributed by atoms with Crippen LogP contribution in [0.5, 0.6) is 0 Å². The second-order valence-corrected chi connectivity index (χ2v) is 2.57. The summed E-state index contributed by atoms with van der Waals surface area (Å²) < 4.78 is 0. The predicted octanol–water partition coefficient (Wildman–Crippen LogP) is 1.24. The molecule has 0 aliphatic carbocycles. The summed E-state index contributed by atoms with van der Waals surface area (Å²) in [7, 11) is 1.66. The van der Waals surface area contributed by atoms with Gasteiger partial charge in [-0.05, 0) is 18.1 Å². The average Bonchev–Trinajstić information content (AvgIpc) is 2.16. The number of nitroso groups, excluding NO2 is 1. The van der Waals surface area contributed by atoms with Crippen molar-refractivity contribution in [2.75, 3.05) is 13.6 Å². The highest BCUT2D eigenvalue weighted by atomic mass is 16.3. The number of hydrogen-bond donors (Lipinski definition) is 0. The van der Waals surface area contributed by atoms with Crippen molar-refractivity contribution >= 4 is 0 Å². The van der Waals surface area contributed by atoms with Crippen LogP contribution >= 0.6 is 0 Å². The number of aromatic nitrogens is 1. The normalized spacial score (nSPS) is 9.42. The quantitative estimate of drug-likeness (QED) is 0.498. The maximum absolute atomic E-state index is 9.99. The Morgan fingerprint density at radius 2 is 2.50 bits per heavy atom. The zero-order valence-electron chi connectivity index (χ0n) is 6.97. The van der Waals surface area contributed by atoms with Crippen LogP contribution < -0.4 is 0 Å². The van der Waals surface area contributed by atoms with E-state index in [4.69, 9.17) is 0 Å². The third kappa shape index (κ3) is 2.65. The molecule has 0 fully saturated rings. The second kappa shape index (κ2) is 4.43. The van der Waals surface area contributed by atoms with E-state index in [9.17, 15) is 4.91 Å². The van der Waals surface area contributed by atoms with E-state index < -0.39 is 0 Å². The summed E-state index contributed by atoms with van der Waals surface area (Å²) in [4.78, 5) is 13.9. The van der Waals surface area contributed by atoms with Crippen molar-refractivity contribution < 1.29 is 0 Å². The molecule has 0 unspecified atom stereocenters. The molecule has 0 radical (unpaired) electrons. The maximum Gasteiger partial charge on any atom is 0.0521 e. The fourth-order valence-electron chi connectivity index (χ4n) is 0.878. The SMILES string of the molecule is CN(CCc1cccnc1)N=O. The molecule has 0 aliphatic heterocycles. The van der Waals surface area contributed by atoms with E-state index in [1.165, 1.54) is 5.01 Å². The molecule has 0 spiro atoms. The lowest BCUT2D eigenvalue weighted by Crippen LogP contribution is -2.13. The summed E-state index contributed by atoms with van der Waals surface area (Å²) >= 11 is 0. The molecular weight excluding hydrogens is 154 g/mol. The molecule has 4 nitrogen and oxygen atoms in total. The highest BCUT2D eigenvalue weighted by molar-refractivity contribution is 5.08. The van der Waals surface area contributed by atoms with Gasteiger partial charge in [0.25, 0.3) is 0 Å². The van der Waals surface area contributed by atoms with Crippen molar-refractivity contribution in [2.24, 2.45) is 5.29 Å². The third-order valence-corrected chi connectivity index (χ3v) is 1.59. The average molecular weight is 165 g/mol. The number of rotatable bonds is 4. The second-order valence-electron chi connectivity index (χ2n) is 2.57. The Balaban J connectivity index is 2.38. The van der Waals surface area contributed by atoms with Crippen LogP contribution in [-0.4, -0.2) is 23.6 Å². The van der Waals surface area contributed by atoms with E-state index in [0.717, 1.165) is 12.0 Å². The van der Waals surface area contributed by atoms with E-state index in [-0.39, 0.29) is 0 Å². The van der Waals surface area contributed by atoms with Crippen molar-refractivity contribution in [2.45, 2.75) is 6.42 Å². The minimum absolute atomic E-state index is 0.634. The third-order valence-electron chi connectivity index (χ3n) is 1.59. The first-order valence-electron chi connectivity index (χ1n) is 3.76. The Kier molecular flexibility index (Phi) is 3.19. The number of likely N-dealkylation sites (N-methyl/N-ethyl adjacent to an activating group) is 1. The van der Waals surface area contributed by atoms with Crippen molar-refractivity contribution in [1.82, 2.24) is 9.99 Å². The van der Waals surface area contributed by atoms with Gasteiger partial charge in [-0.3, -0.25) is 9.99 Å². The molecule has 0 saturated heterocycles. The van der Waals surface area contributed by atoms with Gasteiger partial charge in [-0.15, -0.1) is 4.91 Å².